The van der Waals surface area contributed by atoms with E-state index in [2.05, 4.69) is 15.6 Å². The molecule has 2 rings (SSSR count). The monoisotopic (exact) mass is 253 g/mol. The van der Waals surface area contributed by atoms with Gasteiger partial charge in [0.1, 0.15) is 0 Å². The van der Waals surface area contributed by atoms with E-state index in [1.165, 1.54) is 0 Å². The molecule has 1 amide bonds. The van der Waals surface area contributed by atoms with Gasteiger partial charge in [0.05, 0.1) is 11.6 Å². The summed E-state index contributed by atoms with van der Waals surface area (Å²) in [5, 5.41) is 7.33. The van der Waals surface area contributed by atoms with Crippen LogP contribution in [0.2, 0.25) is 0 Å². The zero-order valence-corrected chi connectivity index (χ0v) is 11.0. The number of rotatable bonds is 4. The van der Waals surface area contributed by atoms with Crippen molar-refractivity contribution in [2.45, 2.75) is 32.7 Å². The van der Waals surface area contributed by atoms with Crippen LogP contribution in [0.25, 0.3) is 0 Å². The molecule has 94 valence electrons. The molecule has 0 unspecified atom stereocenters. The van der Waals surface area contributed by atoms with E-state index in [-0.39, 0.29) is 5.91 Å². The number of amides is 1. The predicted molar refractivity (Wildman–Crippen MR) is 68.9 cm³/mol. The Morgan fingerprint density at radius 3 is 3.00 bits per heavy atom. The van der Waals surface area contributed by atoms with Crippen molar-refractivity contribution in [3.8, 4) is 0 Å². The van der Waals surface area contributed by atoms with Gasteiger partial charge in [-0.3, -0.25) is 4.79 Å². The first-order valence-corrected chi connectivity index (χ1v) is 6.94. The number of aryl methyl sites for hydroxylation is 1. The standard InChI is InChI=1S/C12H19N3OS/c1-9-14-7-11(17-9)8-15-12(16)6-10-2-4-13-5-3-10/h7,10,13H,2-6,8H2,1H3,(H,15,16). The van der Waals surface area contributed by atoms with Crippen molar-refractivity contribution >= 4 is 17.2 Å². The summed E-state index contributed by atoms with van der Waals surface area (Å²) in [6.07, 6.45) is 4.74. The maximum absolute atomic E-state index is 11.7. The molecule has 0 radical (unpaired) electrons. The Balaban J connectivity index is 1.70. The van der Waals surface area contributed by atoms with Crippen LogP contribution >= 0.6 is 11.3 Å². The van der Waals surface area contributed by atoms with E-state index in [0.717, 1.165) is 35.8 Å². The van der Waals surface area contributed by atoms with E-state index in [1.54, 1.807) is 11.3 Å². The molecule has 2 heterocycles. The van der Waals surface area contributed by atoms with E-state index in [9.17, 15) is 4.79 Å². The summed E-state index contributed by atoms with van der Waals surface area (Å²) in [5.74, 6) is 0.724. The van der Waals surface area contributed by atoms with Gasteiger partial charge in [-0.25, -0.2) is 4.98 Å². The van der Waals surface area contributed by atoms with Crippen molar-refractivity contribution in [2.24, 2.45) is 5.92 Å². The summed E-state index contributed by atoms with van der Waals surface area (Å²) < 4.78 is 0. The maximum atomic E-state index is 11.7. The van der Waals surface area contributed by atoms with E-state index >= 15 is 0 Å². The first-order valence-electron chi connectivity index (χ1n) is 6.13. The summed E-state index contributed by atoms with van der Waals surface area (Å²) in [4.78, 5) is 17.0. The second-order valence-electron chi connectivity index (χ2n) is 4.52. The normalized spacial score (nSPS) is 17.0. The van der Waals surface area contributed by atoms with Gasteiger partial charge in [-0.2, -0.15) is 0 Å². The molecule has 1 aliphatic heterocycles. The van der Waals surface area contributed by atoms with Crippen LogP contribution in [0.1, 0.15) is 29.1 Å². The zero-order valence-electron chi connectivity index (χ0n) is 10.2. The molecule has 0 spiro atoms. The van der Waals surface area contributed by atoms with Crippen LogP contribution in [-0.4, -0.2) is 24.0 Å². The molecule has 0 saturated carbocycles. The average molecular weight is 253 g/mol. The molecule has 0 aliphatic carbocycles. The highest BCUT2D eigenvalue weighted by Gasteiger charge is 2.16. The fourth-order valence-electron chi connectivity index (χ4n) is 2.09. The molecule has 0 bridgehead atoms. The van der Waals surface area contributed by atoms with Crippen LogP contribution in [0.15, 0.2) is 6.20 Å². The molecule has 1 aromatic heterocycles. The van der Waals surface area contributed by atoms with Crippen molar-refractivity contribution in [3.05, 3.63) is 16.1 Å². The Labute approximate surface area is 106 Å². The van der Waals surface area contributed by atoms with Gasteiger partial charge >= 0.3 is 0 Å². The van der Waals surface area contributed by atoms with Crippen molar-refractivity contribution < 1.29 is 4.79 Å². The molecular weight excluding hydrogens is 234 g/mol. The second kappa shape index (κ2) is 6.12. The highest BCUT2D eigenvalue weighted by Crippen LogP contribution is 2.16. The van der Waals surface area contributed by atoms with E-state index < -0.39 is 0 Å². The van der Waals surface area contributed by atoms with Crippen molar-refractivity contribution in [3.63, 3.8) is 0 Å². The largest absolute Gasteiger partial charge is 0.351 e. The Kier molecular flexibility index (Phi) is 4.50. The van der Waals surface area contributed by atoms with Gasteiger partial charge in [0.2, 0.25) is 5.91 Å². The van der Waals surface area contributed by atoms with Gasteiger partial charge in [0.15, 0.2) is 0 Å². The third kappa shape index (κ3) is 4.09. The lowest BCUT2D eigenvalue weighted by molar-refractivity contribution is -0.122. The summed E-state index contributed by atoms with van der Waals surface area (Å²) >= 11 is 1.64. The topological polar surface area (TPSA) is 54.0 Å². The summed E-state index contributed by atoms with van der Waals surface area (Å²) in [6, 6.07) is 0. The molecule has 1 saturated heterocycles. The van der Waals surface area contributed by atoms with Crippen molar-refractivity contribution in [1.29, 1.82) is 0 Å². The van der Waals surface area contributed by atoms with Crippen LogP contribution in [0.5, 0.6) is 0 Å². The third-order valence-corrected chi connectivity index (χ3v) is 3.97. The summed E-state index contributed by atoms with van der Waals surface area (Å²) in [6.45, 7) is 4.69. The molecular formula is C12H19N3OS. The van der Waals surface area contributed by atoms with Crippen LogP contribution < -0.4 is 10.6 Å². The van der Waals surface area contributed by atoms with E-state index in [4.69, 9.17) is 0 Å². The molecule has 1 aromatic rings. The van der Waals surface area contributed by atoms with E-state index in [0.29, 0.717) is 18.9 Å². The lowest BCUT2D eigenvalue weighted by Crippen LogP contribution is -2.32. The number of nitrogens with one attached hydrogen (secondary N) is 2. The number of aromatic nitrogens is 1. The first kappa shape index (κ1) is 12.5. The Bertz CT molecular complexity index is 372. The van der Waals surface area contributed by atoms with Gasteiger partial charge in [-0.15, -0.1) is 11.3 Å². The number of thiazole rings is 1. The summed E-state index contributed by atoms with van der Waals surface area (Å²) in [7, 11) is 0. The first-order chi connectivity index (χ1) is 8.24. The molecule has 4 nitrogen and oxygen atoms in total. The minimum Gasteiger partial charge on any atom is -0.351 e. The number of piperidine rings is 1. The third-order valence-electron chi connectivity index (χ3n) is 3.06. The molecule has 0 aromatic carbocycles. The number of carbonyl (C=O) groups is 1. The minimum absolute atomic E-state index is 0.169. The number of carbonyl (C=O) groups excluding carboxylic acids is 1. The van der Waals surface area contributed by atoms with Crippen LogP contribution in [0, 0.1) is 12.8 Å². The van der Waals surface area contributed by atoms with Crippen molar-refractivity contribution in [2.75, 3.05) is 13.1 Å². The second-order valence-corrected chi connectivity index (χ2v) is 5.84. The highest BCUT2D eigenvalue weighted by atomic mass is 32.1. The maximum Gasteiger partial charge on any atom is 0.220 e. The molecule has 1 fully saturated rings. The number of nitrogens with zero attached hydrogens (tertiary/aromatic N) is 1. The lowest BCUT2D eigenvalue weighted by atomic mass is 9.94. The molecule has 0 atom stereocenters. The Morgan fingerprint density at radius 1 is 1.59 bits per heavy atom. The van der Waals surface area contributed by atoms with Crippen molar-refractivity contribution in [1.82, 2.24) is 15.6 Å². The van der Waals surface area contributed by atoms with Crippen LogP contribution in [-0.2, 0) is 11.3 Å². The van der Waals surface area contributed by atoms with Crippen LogP contribution in [0.4, 0.5) is 0 Å². The highest BCUT2D eigenvalue weighted by molar-refractivity contribution is 7.11. The Morgan fingerprint density at radius 2 is 2.35 bits per heavy atom. The fraction of sp³-hybridized carbons (Fsp3) is 0.667. The minimum atomic E-state index is 0.169. The van der Waals surface area contributed by atoms with Gasteiger partial charge in [0.25, 0.3) is 0 Å². The number of hydrogen-bond acceptors (Lipinski definition) is 4. The lowest BCUT2D eigenvalue weighted by Gasteiger charge is -2.21. The van der Waals surface area contributed by atoms with Gasteiger partial charge in [0, 0.05) is 17.5 Å². The van der Waals surface area contributed by atoms with Gasteiger partial charge in [-0.1, -0.05) is 0 Å². The quantitative estimate of drug-likeness (QED) is 0.854. The number of hydrogen-bond donors (Lipinski definition) is 2. The van der Waals surface area contributed by atoms with E-state index in [1.807, 2.05) is 13.1 Å². The molecule has 1 aliphatic rings. The fourth-order valence-corrected chi connectivity index (χ4v) is 2.83. The summed E-state index contributed by atoms with van der Waals surface area (Å²) in [5.41, 5.74) is 0. The molecule has 2 N–H and O–H groups in total. The molecule has 5 heteroatoms. The predicted octanol–water partition coefficient (Wildman–Crippen LogP) is 1.46. The SMILES string of the molecule is Cc1ncc(CNC(=O)CC2CCNCC2)s1. The molecule has 17 heavy (non-hydrogen) atoms. The van der Waals surface area contributed by atoms with Crippen LogP contribution in [0.3, 0.4) is 0 Å². The zero-order chi connectivity index (χ0) is 12.1. The Hall–Kier alpha value is -0.940. The van der Waals surface area contributed by atoms with Gasteiger partial charge < -0.3 is 10.6 Å². The smallest absolute Gasteiger partial charge is 0.220 e. The van der Waals surface area contributed by atoms with Gasteiger partial charge in [-0.05, 0) is 38.8 Å². The average Bonchev–Trinajstić information content (AvgIpc) is 2.74.